The number of amides is 1. The highest BCUT2D eigenvalue weighted by Crippen LogP contribution is 2.38. The molecule has 0 spiro atoms. The number of primary sulfonamides is 1. The zero-order chi connectivity index (χ0) is 19.8. The summed E-state index contributed by atoms with van der Waals surface area (Å²) < 4.78 is 35.8. The normalized spacial score (nSPS) is 19.5. The Morgan fingerprint density at radius 3 is 2.23 bits per heavy atom. The fourth-order valence-electron chi connectivity index (χ4n) is 2.48. The van der Waals surface area contributed by atoms with E-state index in [-0.39, 0.29) is 17.3 Å². The maximum absolute atomic E-state index is 11.8. The third-order valence-electron chi connectivity index (χ3n) is 4.66. The lowest BCUT2D eigenvalue weighted by Crippen LogP contribution is -2.41. The van der Waals surface area contributed by atoms with Gasteiger partial charge in [0.1, 0.15) is 0 Å². The van der Waals surface area contributed by atoms with Crippen LogP contribution < -0.4 is 10.5 Å². The predicted molar refractivity (Wildman–Crippen MR) is 101 cm³/mol. The first-order valence-electron chi connectivity index (χ1n) is 8.26. The zero-order valence-electron chi connectivity index (χ0n) is 15.7. The molecular formula is C17H25BN2O5S. The molecule has 1 aliphatic heterocycles. The minimum atomic E-state index is -3.89. The Kier molecular flexibility index (Phi) is 5.67. The number of benzene rings is 1. The number of carbonyl (C=O) groups excluding carboxylic acids is 1. The number of nitrogens with one attached hydrogen (secondary N) is 1. The topological polar surface area (TPSA) is 108 Å². The Morgan fingerprint density at radius 1 is 1.19 bits per heavy atom. The molecule has 0 radical (unpaired) electrons. The third-order valence-corrected chi connectivity index (χ3v) is 5.65. The Bertz CT molecular complexity index is 817. The molecule has 0 aromatic heterocycles. The Hall–Kier alpha value is -1.68. The number of nitrogens with two attached hydrogens (primary N) is 1. The number of rotatable bonds is 5. The van der Waals surface area contributed by atoms with Crippen molar-refractivity contribution in [1.29, 1.82) is 0 Å². The van der Waals surface area contributed by atoms with Crippen molar-refractivity contribution in [1.82, 2.24) is 5.32 Å². The van der Waals surface area contributed by atoms with Crippen molar-refractivity contribution < 1.29 is 22.5 Å². The number of carbonyl (C=O) groups is 1. The number of hydrogen-bond donors (Lipinski definition) is 2. The van der Waals surface area contributed by atoms with Crippen LogP contribution in [0.2, 0.25) is 0 Å². The van der Waals surface area contributed by atoms with E-state index in [1.807, 2.05) is 27.7 Å². The SMILES string of the molecule is CC(=O)NCC(=Cc1ccccc1S(N)(=O)=O)B1OC(C)(C)C(C)(C)O1. The van der Waals surface area contributed by atoms with Crippen molar-refractivity contribution in [3.63, 3.8) is 0 Å². The highest BCUT2D eigenvalue weighted by molar-refractivity contribution is 7.89. The third kappa shape index (κ3) is 4.53. The minimum absolute atomic E-state index is 0.00292. The van der Waals surface area contributed by atoms with Crippen LogP contribution in [0.3, 0.4) is 0 Å². The molecule has 0 saturated carbocycles. The summed E-state index contributed by atoms with van der Waals surface area (Å²) in [7, 11) is -4.62. The molecule has 0 bridgehead atoms. The van der Waals surface area contributed by atoms with E-state index in [0.717, 1.165) is 0 Å². The molecule has 1 aromatic carbocycles. The van der Waals surface area contributed by atoms with E-state index in [1.54, 1.807) is 24.3 Å². The van der Waals surface area contributed by atoms with Gasteiger partial charge in [0.25, 0.3) is 0 Å². The molecule has 26 heavy (non-hydrogen) atoms. The molecule has 1 aliphatic rings. The van der Waals surface area contributed by atoms with Crippen molar-refractivity contribution in [3.8, 4) is 0 Å². The van der Waals surface area contributed by atoms with E-state index in [0.29, 0.717) is 11.0 Å². The van der Waals surface area contributed by atoms with Crippen LogP contribution in [-0.2, 0) is 24.1 Å². The number of sulfonamides is 1. The van der Waals surface area contributed by atoms with Gasteiger partial charge in [0, 0.05) is 13.5 Å². The van der Waals surface area contributed by atoms with Gasteiger partial charge in [-0.25, -0.2) is 13.6 Å². The second-order valence-electron chi connectivity index (χ2n) is 7.30. The summed E-state index contributed by atoms with van der Waals surface area (Å²) in [6.07, 6.45) is 1.64. The average Bonchev–Trinajstić information content (AvgIpc) is 2.71. The van der Waals surface area contributed by atoms with Crippen LogP contribution in [0.5, 0.6) is 0 Å². The summed E-state index contributed by atoms with van der Waals surface area (Å²) in [5.74, 6) is -0.216. The van der Waals surface area contributed by atoms with Gasteiger partial charge in [0.15, 0.2) is 0 Å². The van der Waals surface area contributed by atoms with Crippen molar-refractivity contribution in [3.05, 3.63) is 35.3 Å². The van der Waals surface area contributed by atoms with E-state index in [4.69, 9.17) is 14.4 Å². The highest BCUT2D eigenvalue weighted by Gasteiger charge is 2.52. The van der Waals surface area contributed by atoms with Gasteiger partial charge in [-0.1, -0.05) is 24.3 Å². The largest absolute Gasteiger partial charge is 0.492 e. The molecule has 142 valence electrons. The lowest BCUT2D eigenvalue weighted by atomic mass is 9.77. The van der Waals surface area contributed by atoms with E-state index >= 15 is 0 Å². The van der Waals surface area contributed by atoms with Gasteiger partial charge in [0.05, 0.1) is 16.1 Å². The van der Waals surface area contributed by atoms with Gasteiger partial charge in [0.2, 0.25) is 15.9 Å². The van der Waals surface area contributed by atoms with Crippen molar-refractivity contribution in [2.75, 3.05) is 6.54 Å². The molecular weight excluding hydrogens is 355 g/mol. The zero-order valence-corrected chi connectivity index (χ0v) is 16.5. The first-order chi connectivity index (χ1) is 11.8. The monoisotopic (exact) mass is 380 g/mol. The van der Waals surface area contributed by atoms with E-state index < -0.39 is 28.3 Å². The summed E-state index contributed by atoms with van der Waals surface area (Å²) in [6, 6.07) is 6.38. The summed E-state index contributed by atoms with van der Waals surface area (Å²) in [6.45, 7) is 9.23. The predicted octanol–water partition coefficient (Wildman–Crippen LogP) is 1.48. The second-order valence-corrected chi connectivity index (χ2v) is 8.83. The van der Waals surface area contributed by atoms with Gasteiger partial charge in [-0.05, 0) is 44.8 Å². The Labute approximate surface area is 155 Å². The van der Waals surface area contributed by atoms with E-state index in [9.17, 15) is 13.2 Å². The summed E-state index contributed by atoms with van der Waals surface area (Å²) in [5, 5.41) is 8.01. The molecule has 9 heteroatoms. The van der Waals surface area contributed by atoms with Crippen LogP contribution in [0.1, 0.15) is 40.2 Å². The molecule has 2 rings (SSSR count). The van der Waals surface area contributed by atoms with Gasteiger partial charge in [-0.3, -0.25) is 4.79 Å². The highest BCUT2D eigenvalue weighted by atomic mass is 32.2. The first-order valence-corrected chi connectivity index (χ1v) is 9.80. The minimum Gasteiger partial charge on any atom is -0.400 e. The van der Waals surface area contributed by atoms with Crippen molar-refractivity contribution in [2.24, 2.45) is 5.14 Å². The lowest BCUT2D eigenvalue weighted by molar-refractivity contribution is -0.118. The van der Waals surface area contributed by atoms with Crippen molar-refractivity contribution >= 4 is 29.1 Å². The van der Waals surface area contributed by atoms with E-state index in [2.05, 4.69) is 5.32 Å². The molecule has 3 N–H and O–H groups in total. The fraction of sp³-hybridized carbons (Fsp3) is 0.471. The van der Waals surface area contributed by atoms with E-state index in [1.165, 1.54) is 13.0 Å². The molecule has 0 atom stereocenters. The Morgan fingerprint density at radius 2 is 1.73 bits per heavy atom. The maximum atomic E-state index is 11.8. The molecule has 0 unspecified atom stereocenters. The van der Waals surface area contributed by atoms with Crippen LogP contribution in [0, 0.1) is 0 Å². The van der Waals surface area contributed by atoms with Gasteiger partial charge in [-0.15, -0.1) is 0 Å². The van der Waals surface area contributed by atoms with Crippen LogP contribution >= 0.6 is 0 Å². The smallest absolute Gasteiger partial charge is 0.400 e. The second kappa shape index (κ2) is 7.15. The number of hydrogen-bond acceptors (Lipinski definition) is 5. The van der Waals surface area contributed by atoms with Gasteiger partial charge in [-0.2, -0.15) is 0 Å². The van der Waals surface area contributed by atoms with Crippen LogP contribution in [0.15, 0.2) is 34.6 Å². The molecule has 1 aromatic rings. The molecule has 1 heterocycles. The molecule has 7 nitrogen and oxygen atoms in total. The molecule has 1 amide bonds. The van der Waals surface area contributed by atoms with Gasteiger partial charge < -0.3 is 14.6 Å². The average molecular weight is 380 g/mol. The van der Waals surface area contributed by atoms with Crippen molar-refractivity contribution in [2.45, 2.75) is 50.7 Å². The maximum Gasteiger partial charge on any atom is 0.492 e. The molecule has 1 fully saturated rings. The van der Waals surface area contributed by atoms with Crippen LogP contribution in [-0.4, -0.2) is 39.2 Å². The fourth-order valence-corrected chi connectivity index (χ4v) is 3.21. The molecule has 0 aliphatic carbocycles. The van der Waals surface area contributed by atoms with Crippen LogP contribution in [0.4, 0.5) is 0 Å². The standard InChI is InChI=1S/C17H25BN2O5S/c1-12(21)20-11-14(18-24-16(2,3)17(4,5)25-18)10-13-8-6-7-9-15(13)26(19,22)23/h6-10H,11H2,1-5H3,(H,20,21)(H2,19,22,23). The lowest BCUT2D eigenvalue weighted by Gasteiger charge is -2.32. The summed E-state index contributed by atoms with van der Waals surface area (Å²) >= 11 is 0. The Balaban J connectivity index is 2.47. The van der Waals surface area contributed by atoms with Crippen LogP contribution in [0.25, 0.3) is 6.08 Å². The first kappa shape index (κ1) is 20.6. The van der Waals surface area contributed by atoms with Gasteiger partial charge >= 0.3 is 7.12 Å². The molecule has 1 saturated heterocycles. The quantitative estimate of drug-likeness (QED) is 0.753. The summed E-state index contributed by atoms with van der Waals surface area (Å²) in [5.41, 5.74) is -0.126. The summed E-state index contributed by atoms with van der Waals surface area (Å²) in [4.78, 5) is 11.4.